The predicted molar refractivity (Wildman–Crippen MR) is 73.1 cm³/mol. The number of anilines is 1. The van der Waals surface area contributed by atoms with Gasteiger partial charge in [0, 0.05) is 25.1 Å². The first-order chi connectivity index (χ1) is 9.15. The minimum Gasteiger partial charge on any atom is -0.469 e. The van der Waals surface area contributed by atoms with Crippen LogP contribution in [0.2, 0.25) is 0 Å². The molecule has 1 aromatic rings. The Balaban J connectivity index is 2.16. The van der Waals surface area contributed by atoms with Crippen molar-refractivity contribution in [2.24, 2.45) is 5.92 Å². The standard InChI is InChI=1S/C15H19NO3/c1-16-12-6-3-10(4-7-12)13-9-11(15(18)19-2)5-8-14(13)17/h3-4,6-7,11,13,16H,5,8-9H2,1-2H3. The molecule has 1 saturated carbocycles. The Morgan fingerprint density at radius 3 is 2.58 bits per heavy atom. The number of hydrogen-bond donors (Lipinski definition) is 1. The fourth-order valence-corrected chi connectivity index (χ4v) is 2.61. The number of Topliss-reactive ketones (excluding diaryl/α,β-unsaturated/α-hetero) is 1. The highest BCUT2D eigenvalue weighted by Crippen LogP contribution is 2.34. The van der Waals surface area contributed by atoms with Crippen LogP contribution in [0, 0.1) is 5.92 Å². The second kappa shape index (κ2) is 5.87. The number of ether oxygens (including phenoxy) is 1. The van der Waals surface area contributed by atoms with Crippen molar-refractivity contribution >= 4 is 17.4 Å². The molecule has 2 rings (SSSR count). The molecule has 0 aromatic heterocycles. The number of carbonyl (C=O) groups is 2. The van der Waals surface area contributed by atoms with Crippen molar-refractivity contribution in [1.29, 1.82) is 0 Å². The van der Waals surface area contributed by atoms with Crippen molar-refractivity contribution in [2.75, 3.05) is 19.5 Å². The highest BCUT2D eigenvalue weighted by Gasteiger charge is 2.33. The van der Waals surface area contributed by atoms with E-state index in [4.69, 9.17) is 4.74 Å². The molecular weight excluding hydrogens is 242 g/mol. The Bertz CT molecular complexity index is 467. The molecule has 1 aliphatic rings. The van der Waals surface area contributed by atoms with Gasteiger partial charge in [0.2, 0.25) is 0 Å². The maximum atomic E-state index is 12.0. The maximum Gasteiger partial charge on any atom is 0.308 e. The highest BCUT2D eigenvalue weighted by atomic mass is 16.5. The van der Waals surface area contributed by atoms with Crippen LogP contribution in [0.15, 0.2) is 24.3 Å². The molecule has 2 unspecified atom stereocenters. The summed E-state index contributed by atoms with van der Waals surface area (Å²) in [5, 5.41) is 3.05. The van der Waals surface area contributed by atoms with Gasteiger partial charge >= 0.3 is 5.97 Å². The van der Waals surface area contributed by atoms with E-state index >= 15 is 0 Å². The van der Waals surface area contributed by atoms with Crippen LogP contribution in [0.1, 0.15) is 30.7 Å². The number of benzene rings is 1. The fourth-order valence-electron chi connectivity index (χ4n) is 2.61. The van der Waals surface area contributed by atoms with E-state index in [1.54, 1.807) is 0 Å². The number of ketones is 1. The van der Waals surface area contributed by atoms with Gasteiger partial charge in [-0.25, -0.2) is 0 Å². The summed E-state index contributed by atoms with van der Waals surface area (Å²) in [6.45, 7) is 0. The Morgan fingerprint density at radius 2 is 2.00 bits per heavy atom. The molecule has 1 aliphatic carbocycles. The van der Waals surface area contributed by atoms with Crippen molar-refractivity contribution in [3.8, 4) is 0 Å². The molecule has 2 atom stereocenters. The Labute approximate surface area is 113 Å². The van der Waals surface area contributed by atoms with Crippen molar-refractivity contribution in [1.82, 2.24) is 0 Å². The molecule has 0 bridgehead atoms. The predicted octanol–water partition coefficient (Wildman–Crippen LogP) is 2.35. The van der Waals surface area contributed by atoms with Crippen LogP contribution in [0.25, 0.3) is 0 Å². The molecule has 0 aliphatic heterocycles. The van der Waals surface area contributed by atoms with Gasteiger partial charge in [-0.2, -0.15) is 0 Å². The summed E-state index contributed by atoms with van der Waals surface area (Å²) in [6, 6.07) is 7.80. The molecule has 0 saturated heterocycles. The van der Waals surface area contributed by atoms with E-state index in [1.807, 2.05) is 31.3 Å². The molecule has 1 fully saturated rings. The van der Waals surface area contributed by atoms with Crippen LogP contribution < -0.4 is 5.32 Å². The van der Waals surface area contributed by atoms with E-state index in [2.05, 4.69) is 5.32 Å². The summed E-state index contributed by atoms with van der Waals surface area (Å²) in [4.78, 5) is 23.6. The number of hydrogen-bond acceptors (Lipinski definition) is 4. The SMILES string of the molecule is CNc1ccc(C2CC(C(=O)OC)CCC2=O)cc1. The van der Waals surface area contributed by atoms with Crippen molar-refractivity contribution in [3.05, 3.63) is 29.8 Å². The first-order valence-corrected chi connectivity index (χ1v) is 6.54. The summed E-state index contributed by atoms with van der Waals surface area (Å²) < 4.78 is 4.79. The Kier molecular flexibility index (Phi) is 4.20. The lowest BCUT2D eigenvalue weighted by molar-refractivity contribution is -0.147. The van der Waals surface area contributed by atoms with E-state index in [0.717, 1.165) is 11.3 Å². The first kappa shape index (κ1) is 13.6. The highest BCUT2D eigenvalue weighted by molar-refractivity contribution is 5.88. The van der Waals surface area contributed by atoms with E-state index in [0.29, 0.717) is 19.3 Å². The quantitative estimate of drug-likeness (QED) is 0.849. The lowest BCUT2D eigenvalue weighted by Gasteiger charge is -2.26. The molecule has 0 spiro atoms. The second-order valence-corrected chi connectivity index (χ2v) is 4.89. The molecule has 0 radical (unpaired) electrons. The zero-order valence-electron chi connectivity index (χ0n) is 11.3. The summed E-state index contributed by atoms with van der Waals surface area (Å²) >= 11 is 0. The maximum absolute atomic E-state index is 12.0. The Hall–Kier alpha value is -1.84. The smallest absolute Gasteiger partial charge is 0.308 e. The molecule has 1 aromatic carbocycles. The normalized spacial score (nSPS) is 22.9. The molecule has 1 N–H and O–H groups in total. The van der Waals surface area contributed by atoms with Gasteiger partial charge in [0.1, 0.15) is 5.78 Å². The van der Waals surface area contributed by atoms with Crippen molar-refractivity contribution < 1.29 is 14.3 Å². The lowest BCUT2D eigenvalue weighted by Crippen LogP contribution is -2.28. The molecule has 4 nitrogen and oxygen atoms in total. The molecule has 0 heterocycles. The summed E-state index contributed by atoms with van der Waals surface area (Å²) in [5.74, 6) is -0.317. The Morgan fingerprint density at radius 1 is 1.32 bits per heavy atom. The number of methoxy groups -OCH3 is 1. The average molecular weight is 261 g/mol. The van der Waals surface area contributed by atoms with Gasteiger partial charge in [0.25, 0.3) is 0 Å². The average Bonchev–Trinajstić information content (AvgIpc) is 2.47. The van der Waals surface area contributed by atoms with Crippen molar-refractivity contribution in [2.45, 2.75) is 25.2 Å². The zero-order chi connectivity index (χ0) is 13.8. The van der Waals surface area contributed by atoms with E-state index in [9.17, 15) is 9.59 Å². The van der Waals surface area contributed by atoms with Gasteiger partial charge < -0.3 is 10.1 Å². The van der Waals surface area contributed by atoms with Crippen LogP contribution in [0.3, 0.4) is 0 Å². The van der Waals surface area contributed by atoms with Gasteiger partial charge in [0.05, 0.1) is 13.0 Å². The number of rotatable bonds is 3. The summed E-state index contributed by atoms with van der Waals surface area (Å²) in [5.41, 5.74) is 1.99. The van der Waals surface area contributed by atoms with Crippen molar-refractivity contribution in [3.63, 3.8) is 0 Å². The van der Waals surface area contributed by atoms with Crippen LogP contribution in [0.4, 0.5) is 5.69 Å². The van der Waals surface area contributed by atoms with Crippen LogP contribution in [-0.2, 0) is 14.3 Å². The third-order valence-corrected chi connectivity index (χ3v) is 3.78. The minimum atomic E-state index is -0.204. The van der Waals surface area contributed by atoms with Crippen LogP contribution in [-0.4, -0.2) is 25.9 Å². The first-order valence-electron chi connectivity index (χ1n) is 6.54. The summed E-state index contributed by atoms with van der Waals surface area (Å²) in [7, 11) is 3.25. The largest absolute Gasteiger partial charge is 0.469 e. The van der Waals surface area contributed by atoms with E-state index < -0.39 is 0 Å². The topological polar surface area (TPSA) is 55.4 Å². The van der Waals surface area contributed by atoms with Crippen LogP contribution in [0.5, 0.6) is 0 Å². The summed E-state index contributed by atoms with van der Waals surface area (Å²) in [6.07, 6.45) is 1.62. The van der Waals surface area contributed by atoms with Gasteiger partial charge in [-0.3, -0.25) is 9.59 Å². The minimum absolute atomic E-state index is 0.156. The van der Waals surface area contributed by atoms with Gasteiger partial charge in [-0.1, -0.05) is 12.1 Å². The fraction of sp³-hybridized carbons (Fsp3) is 0.467. The zero-order valence-corrected chi connectivity index (χ0v) is 11.3. The van der Waals surface area contributed by atoms with E-state index in [-0.39, 0.29) is 23.6 Å². The van der Waals surface area contributed by atoms with Gasteiger partial charge in [0.15, 0.2) is 0 Å². The van der Waals surface area contributed by atoms with Gasteiger partial charge in [-0.05, 0) is 30.5 Å². The third kappa shape index (κ3) is 2.95. The lowest BCUT2D eigenvalue weighted by atomic mass is 9.77. The molecule has 102 valence electrons. The monoisotopic (exact) mass is 261 g/mol. The second-order valence-electron chi connectivity index (χ2n) is 4.89. The third-order valence-electron chi connectivity index (χ3n) is 3.78. The number of nitrogens with one attached hydrogen (secondary N) is 1. The molecular formula is C15H19NO3. The van der Waals surface area contributed by atoms with E-state index in [1.165, 1.54) is 7.11 Å². The number of carbonyl (C=O) groups excluding carboxylic acids is 2. The molecule has 19 heavy (non-hydrogen) atoms. The number of esters is 1. The molecule has 4 heteroatoms. The molecule has 0 amide bonds. The van der Waals surface area contributed by atoms with Crippen LogP contribution >= 0.6 is 0 Å². The van der Waals surface area contributed by atoms with Gasteiger partial charge in [-0.15, -0.1) is 0 Å².